The van der Waals surface area contributed by atoms with Crippen LogP contribution in [-0.4, -0.2) is 4.14 Å². The fraction of sp³-hybridized carbons (Fsp3) is 0.0714. The Bertz CT molecular complexity index is 551. The van der Waals surface area contributed by atoms with E-state index < -0.39 is 0 Å². The second-order valence-corrected chi connectivity index (χ2v) is 6.08. The molecule has 1 aliphatic heterocycles. The van der Waals surface area contributed by atoms with Gasteiger partial charge in [0.1, 0.15) is 12.4 Å². The quantitative estimate of drug-likeness (QED) is 0.865. The first-order valence-corrected chi connectivity index (χ1v) is 7.77. The number of hydrogen-bond donors (Lipinski definition) is 1. The summed E-state index contributed by atoms with van der Waals surface area (Å²) in [5.74, 6) is 1.03. The number of halogens is 1. The minimum atomic E-state index is -0.0429. The Morgan fingerprint density at radius 2 is 1.88 bits per heavy atom. The zero-order valence-corrected chi connectivity index (χ0v) is 11.3. The lowest BCUT2D eigenvalue weighted by Gasteiger charge is -2.09. The summed E-state index contributed by atoms with van der Waals surface area (Å²) in [7, 11) is 0. The van der Waals surface area contributed by atoms with Crippen molar-refractivity contribution in [1.29, 1.82) is 0 Å². The van der Waals surface area contributed by atoms with E-state index in [1.807, 2.05) is 24.3 Å². The Balaban J connectivity index is 1.78. The van der Waals surface area contributed by atoms with Crippen molar-refractivity contribution in [3.8, 4) is 5.75 Å². The SMILES string of the molecule is C1=Ic2c(cccc2OCc2ccccc2)N1. The van der Waals surface area contributed by atoms with E-state index in [0.717, 1.165) is 5.75 Å². The van der Waals surface area contributed by atoms with Gasteiger partial charge in [0.05, 0.1) is 9.26 Å². The van der Waals surface area contributed by atoms with Crippen LogP contribution in [0.25, 0.3) is 0 Å². The van der Waals surface area contributed by atoms with Crippen LogP contribution >= 0.6 is 20.7 Å². The maximum atomic E-state index is 5.90. The first-order chi connectivity index (χ1) is 8.43. The van der Waals surface area contributed by atoms with Crippen LogP contribution in [-0.2, 0) is 6.61 Å². The fourth-order valence-electron chi connectivity index (χ4n) is 1.72. The normalized spacial score (nSPS) is 12.5. The van der Waals surface area contributed by atoms with Gasteiger partial charge in [0.15, 0.2) is 0 Å². The van der Waals surface area contributed by atoms with E-state index in [2.05, 4.69) is 33.7 Å². The third-order valence-corrected chi connectivity index (χ3v) is 4.93. The van der Waals surface area contributed by atoms with Crippen LogP contribution in [0.15, 0.2) is 48.5 Å². The highest BCUT2D eigenvalue weighted by molar-refractivity contribution is 14.2. The molecule has 2 aromatic carbocycles. The summed E-state index contributed by atoms with van der Waals surface area (Å²) in [6.07, 6.45) is 0. The zero-order chi connectivity index (χ0) is 11.5. The lowest BCUT2D eigenvalue weighted by atomic mass is 10.2. The molecule has 0 bridgehead atoms. The van der Waals surface area contributed by atoms with Gasteiger partial charge in [-0.25, -0.2) is 0 Å². The minimum Gasteiger partial charge on any atom is -0.488 e. The number of benzene rings is 2. The van der Waals surface area contributed by atoms with Gasteiger partial charge >= 0.3 is 0 Å². The fourth-order valence-corrected chi connectivity index (χ4v) is 3.84. The van der Waals surface area contributed by atoms with Gasteiger partial charge in [0, 0.05) is 4.14 Å². The molecule has 1 heterocycles. The van der Waals surface area contributed by atoms with Gasteiger partial charge in [-0.1, -0.05) is 57.1 Å². The molecule has 0 aromatic heterocycles. The average Bonchev–Trinajstić information content (AvgIpc) is 2.86. The molecule has 1 N–H and O–H groups in total. The van der Waals surface area contributed by atoms with Crippen molar-refractivity contribution < 1.29 is 4.74 Å². The van der Waals surface area contributed by atoms with Gasteiger partial charge in [-0.2, -0.15) is 0 Å². The summed E-state index contributed by atoms with van der Waals surface area (Å²) in [4.78, 5) is 0. The number of rotatable bonds is 3. The molecule has 0 amide bonds. The molecule has 0 fully saturated rings. The topological polar surface area (TPSA) is 21.3 Å². The molecule has 0 unspecified atom stereocenters. The molecule has 86 valence electrons. The van der Waals surface area contributed by atoms with Gasteiger partial charge in [0.25, 0.3) is 0 Å². The molecule has 0 aliphatic carbocycles. The van der Waals surface area contributed by atoms with Crippen LogP contribution in [0.5, 0.6) is 5.75 Å². The zero-order valence-electron chi connectivity index (χ0n) is 9.19. The third kappa shape index (κ3) is 2.34. The van der Waals surface area contributed by atoms with Gasteiger partial charge in [-0.05, 0) is 17.7 Å². The molecule has 2 aromatic rings. The van der Waals surface area contributed by atoms with Crippen molar-refractivity contribution in [3.63, 3.8) is 0 Å². The van der Waals surface area contributed by atoms with Gasteiger partial charge in [0.2, 0.25) is 0 Å². The summed E-state index contributed by atoms with van der Waals surface area (Å²) < 4.78 is 9.43. The maximum absolute atomic E-state index is 5.90. The molecule has 1 aliphatic rings. The smallest absolute Gasteiger partial charge is 0.134 e. The van der Waals surface area contributed by atoms with E-state index in [1.165, 1.54) is 14.8 Å². The van der Waals surface area contributed by atoms with Crippen LogP contribution in [0.1, 0.15) is 5.56 Å². The van der Waals surface area contributed by atoms with E-state index in [-0.39, 0.29) is 20.7 Å². The summed E-state index contributed by atoms with van der Waals surface area (Å²) in [5.41, 5.74) is 2.42. The Hall–Kier alpha value is -1.36. The lowest BCUT2D eigenvalue weighted by molar-refractivity contribution is 0.304. The number of hydrogen-bond acceptors (Lipinski definition) is 2. The molecule has 0 saturated carbocycles. The Labute approximate surface area is 110 Å². The molecule has 0 saturated heterocycles. The number of fused-ring (bicyclic) bond motifs is 1. The predicted octanol–water partition coefficient (Wildman–Crippen LogP) is 3.59. The van der Waals surface area contributed by atoms with E-state index >= 15 is 0 Å². The van der Waals surface area contributed by atoms with Crippen LogP contribution in [0.2, 0.25) is 0 Å². The van der Waals surface area contributed by atoms with E-state index in [4.69, 9.17) is 4.74 Å². The second-order valence-electron chi connectivity index (χ2n) is 3.75. The summed E-state index contributed by atoms with van der Waals surface area (Å²) in [5, 5.41) is 3.28. The van der Waals surface area contributed by atoms with Crippen molar-refractivity contribution in [2.24, 2.45) is 0 Å². The molecule has 0 atom stereocenters. The molecule has 0 radical (unpaired) electrons. The Kier molecular flexibility index (Phi) is 3.09. The number of anilines is 1. The first-order valence-electron chi connectivity index (χ1n) is 5.45. The standard InChI is InChI=1S/C14H12INO/c1-2-5-11(6-3-1)9-17-13-8-4-7-12-14(13)15-10-16-12/h1-8,10,16H,9H2. The monoisotopic (exact) mass is 337 g/mol. The Morgan fingerprint density at radius 1 is 1.00 bits per heavy atom. The van der Waals surface area contributed by atoms with Crippen molar-refractivity contribution in [2.75, 3.05) is 5.32 Å². The van der Waals surface area contributed by atoms with Crippen LogP contribution in [0.4, 0.5) is 5.69 Å². The largest absolute Gasteiger partial charge is 0.488 e. The van der Waals surface area contributed by atoms with Crippen molar-refractivity contribution >= 4 is 30.6 Å². The highest BCUT2D eigenvalue weighted by Crippen LogP contribution is 2.34. The average molecular weight is 337 g/mol. The third-order valence-electron chi connectivity index (χ3n) is 2.57. The van der Waals surface area contributed by atoms with E-state index in [0.29, 0.717) is 6.61 Å². The molecule has 3 rings (SSSR count). The maximum Gasteiger partial charge on any atom is 0.134 e. The van der Waals surface area contributed by atoms with E-state index in [9.17, 15) is 0 Å². The highest BCUT2D eigenvalue weighted by Gasteiger charge is 2.10. The summed E-state index contributed by atoms with van der Waals surface area (Å²) >= 11 is -0.0429. The summed E-state index contributed by atoms with van der Waals surface area (Å²) in [6, 6.07) is 16.5. The molecular formula is C14H12INO. The van der Waals surface area contributed by atoms with Gasteiger partial charge < -0.3 is 10.1 Å². The van der Waals surface area contributed by atoms with Crippen LogP contribution in [0.3, 0.4) is 0 Å². The molecular weight excluding hydrogens is 325 g/mol. The van der Waals surface area contributed by atoms with Gasteiger partial charge in [-0.15, -0.1) is 0 Å². The molecule has 17 heavy (non-hydrogen) atoms. The molecule has 2 nitrogen and oxygen atoms in total. The first kappa shape index (κ1) is 10.8. The highest BCUT2D eigenvalue weighted by atomic mass is 127. The second kappa shape index (κ2) is 4.87. The predicted molar refractivity (Wildman–Crippen MR) is 79.6 cm³/mol. The lowest BCUT2D eigenvalue weighted by Crippen LogP contribution is -1.97. The van der Waals surface area contributed by atoms with Crippen LogP contribution < -0.4 is 10.1 Å². The molecule has 0 spiro atoms. The van der Waals surface area contributed by atoms with Crippen LogP contribution in [0, 0.1) is 3.57 Å². The van der Waals surface area contributed by atoms with E-state index in [1.54, 1.807) is 0 Å². The number of nitrogens with one attached hydrogen (secondary N) is 1. The molecule has 3 heteroatoms. The Morgan fingerprint density at radius 3 is 2.76 bits per heavy atom. The minimum absolute atomic E-state index is 0.0429. The van der Waals surface area contributed by atoms with Crippen molar-refractivity contribution in [2.45, 2.75) is 6.61 Å². The van der Waals surface area contributed by atoms with Crippen molar-refractivity contribution in [1.82, 2.24) is 0 Å². The number of ether oxygens (including phenoxy) is 1. The summed E-state index contributed by atoms with van der Waals surface area (Å²) in [6.45, 7) is 0.640. The van der Waals surface area contributed by atoms with Crippen molar-refractivity contribution in [3.05, 3.63) is 57.7 Å². The van der Waals surface area contributed by atoms with Gasteiger partial charge in [-0.3, -0.25) is 0 Å².